The van der Waals surface area contributed by atoms with Crippen LogP contribution in [0.3, 0.4) is 0 Å². The van der Waals surface area contributed by atoms with E-state index in [0.29, 0.717) is 6.54 Å². The molecular weight excluding hydrogens is 362 g/mol. The third kappa shape index (κ3) is 3.67. The van der Waals surface area contributed by atoms with Gasteiger partial charge in [-0.25, -0.2) is 13.8 Å². The largest absolute Gasteiger partial charge is 0.441 e. The van der Waals surface area contributed by atoms with Crippen LogP contribution < -0.4 is 4.90 Å². The molecule has 6 heteroatoms. The molecule has 0 saturated heterocycles. The standard InChI is InChI=1S/C22H20F2N2O2/c23-16-8-5-9-17(24)22(16)19-14-25-20(28-19)11-12-21(27)26-13-4-3-7-15-6-1-2-10-18(15)26/h1-2,5-6,8-10,14H,3-4,7,11-13H2. The number of amides is 1. The number of halogens is 2. The fourth-order valence-electron chi connectivity index (χ4n) is 3.57. The minimum atomic E-state index is -0.708. The van der Waals surface area contributed by atoms with Crippen molar-refractivity contribution in [2.45, 2.75) is 32.1 Å². The van der Waals surface area contributed by atoms with Crippen molar-refractivity contribution in [2.24, 2.45) is 0 Å². The molecule has 1 amide bonds. The number of aryl methyl sites for hydroxylation is 2. The molecule has 4 nitrogen and oxygen atoms in total. The summed E-state index contributed by atoms with van der Waals surface area (Å²) in [5, 5.41) is 0. The highest BCUT2D eigenvalue weighted by molar-refractivity contribution is 5.94. The Balaban J connectivity index is 1.47. The monoisotopic (exact) mass is 382 g/mol. The Labute approximate surface area is 161 Å². The van der Waals surface area contributed by atoms with Crippen molar-refractivity contribution in [3.63, 3.8) is 0 Å². The van der Waals surface area contributed by atoms with Gasteiger partial charge in [0, 0.05) is 25.1 Å². The Morgan fingerprint density at radius 3 is 2.68 bits per heavy atom. The maximum atomic E-state index is 13.9. The van der Waals surface area contributed by atoms with Crippen LogP contribution in [0.25, 0.3) is 11.3 Å². The van der Waals surface area contributed by atoms with Crippen LogP contribution in [0.1, 0.15) is 30.7 Å². The van der Waals surface area contributed by atoms with E-state index in [4.69, 9.17) is 4.42 Å². The summed E-state index contributed by atoms with van der Waals surface area (Å²) in [6.07, 6.45) is 4.76. The van der Waals surface area contributed by atoms with E-state index in [-0.39, 0.29) is 36.0 Å². The number of hydrogen-bond donors (Lipinski definition) is 0. The predicted octanol–water partition coefficient (Wildman–Crippen LogP) is 4.92. The molecule has 0 fully saturated rings. The molecule has 144 valence electrons. The highest BCUT2D eigenvalue weighted by atomic mass is 19.1. The summed E-state index contributed by atoms with van der Waals surface area (Å²) in [5.41, 5.74) is 1.90. The highest BCUT2D eigenvalue weighted by Crippen LogP contribution is 2.28. The molecule has 2 aromatic carbocycles. The van der Waals surface area contributed by atoms with Gasteiger partial charge in [0.15, 0.2) is 11.7 Å². The second-order valence-corrected chi connectivity index (χ2v) is 6.85. The molecule has 0 saturated carbocycles. The SMILES string of the molecule is O=C(CCc1ncc(-c2c(F)cccc2F)o1)N1CCCCc2ccccc21. The Morgan fingerprint density at radius 2 is 1.86 bits per heavy atom. The van der Waals surface area contributed by atoms with Crippen LogP contribution in [-0.4, -0.2) is 17.4 Å². The summed E-state index contributed by atoms with van der Waals surface area (Å²) < 4.78 is 33.3. The minimum absolute atomic E-state index is 0.00817. The Bertz CT molecular complexity index is 979. The third-order valence-electron chi connectivity index (χ3n) is 4.98. The molecule has 1 aliphatic rings. The lowest BCUT2D eigenvalue weighted by Crippen LogP contribution is -2.31. The first-order valence-corrected chi connectivity index (χ1v) is 9.41. The normalized spacial score (nSPS) is 13.9. The zero-order valence-corrected chi connectivity index (χ0v) is 15.3. The number of hydrogen-bond acceptors (Lipinski definition) is 3. The second-order valence-electron chi connectivity index (χ2n) is 6.85. The van der Waals surface area contributed by atoms with Gasteiger partial charge in [-0.2, -0.15) is 0 Å². The molecule has 0 unspecified atom stereocenters. The van der Waals surface area contributed by atoms with E-state index in [1.54, 1.807) is 0 Å². The first-order chi connectivity index (χ1) is 13.6. The second kappa shape index (κ2) is 7.92. The Kier molecular flexibility index (Phi) is 5.19. The molecule has 1 aromatic heterocycles. The van der Waals surface area contributed by atoms with Crippen molar-refractivity contribution >= 4 is 11.6 Å². The molecule has 0 spiro atoms. The molecule has 4 rings (SSSR count). The smallest absolute Gasteiger partial charge is 0.227 e. The van der Waals surface area contributed by atoms with Crippen molar-refractivity contribution < 1.29 is 18.0 Å². The molecule has 0 atom stereocenters. The van der Waals surface area contributed by atoms with Gasteiger partial charge in [0.05, 0.1) is 11.8 Å². The maximum Gasteiger partial charge on any atom is 0.227 e. The molecule has 1 aliphatic heterocycles. The van der Waals surface area contributed by atoms with E-state index in [1.807, 2.05) is 23.1 Å². The molecule has 0 bridgehead atoms. The lowest BCUT2D eigenvalue weighted by atomic mass is 10.1. The molecule has 28 heavy (non-hydrogen) atoms. The summed E-state index contributed by atoms with van der Waals surface area (Å²) in [6, 6.07) is 11.6. The Hall–Kier alpha value is -3.02. The number of para-hydroxylation sites is 1. The van der Waals surface area contributed by atoms with E-state index in [0.717, 1.165) is 24.9 Å². The number of oxazole rings is 1. The number of benzene rings is 2. The van der Waals surface area contributed by atoms with Crippen molar-refractivity contribution in [1.29, 1.82) is 0 Å². The van der Waals surface area contributed by atoms with Crippen LogP contribution in [0.2, 0.25) is 0 Å². The van der Waals surface area contributed by atoms with E-state index in [2.05, 4.69) is 11.1 Å². The van der Waals surface area contributed by atoms with Crippen LogP contribution in [0.15, 0.2) is 53.1 Å². The van der Waals surface area contributed by atoms with E-state index in [1.165, 1.54) is 30.0 Å². The van der Waals surface area contributed by atoms with Gasteiger partial charge in [0.25, 0.3) is 0 Å². The van der Waals surface area contributed by atoms with Crippen LogP contribution >= 0.6 is 0 Å². The third-order valence-corrected chi connectivity index (χ3v) is 4.98. The number of carbonyl (C=O) groups is 1. The van der Waals surface area contributed by atoms with Gasteiger partial charge >= 0.3 is 0 Å². The molecule has 3 aromatic rings. The summed E-state index contributed by atoms with van der Waals surface area (Å²) in [6.45, 7) is 0.688. The number of nitrogens with zero attached hydrogens (tertiary/aromatic N) is 2. The average Bonchev–Trinajstić information content (AvgIpc) is 3.04. The maximum absolute atomic E-state index is 13.9. The topological polar surface area (TPSA) is 46.3 Å². The van der Waals surface area contributed by atoms with E-state index >= 15 is 0 Å². The van der Waals surface area contributed by atoms with Crippen LogP contribution in [-0.2, 0) is 17.6 Å². The minimum Gasteiger partial charge on any atom is -0.441 e. The zero-order chi connectivity index (χ0) is 19.5. The first kappa shape index (κ1) is 18.3. The quantitative estimate of drug-likeness (QED) is 0.643. The van der Waals surface area contributed by atoms with E-state index in [9.17, 15) is 13.6 Å². The van der Waals surface area contributed by atoms with Gasteiger partial charge in [-0.1, -0.05) is 24.3 Å². The summed E-state index contributed by atoms with van der Waals surface area (Å²) in [4.78, 5) is 18.7. The molecule has 0 aliphatic carbocycles. The van der Waals surface area contributed by atoms with Crippen molar-refractivity contribution in [2.75, 3.05) is 11.4 Å². The molecule has 0 radical (unpaired) electrons. The van der Waals surface area contributed by atoms with Crippen molar-refractivity contribution in [3.8, 4) is 11.3 Å². The van der Waals surface area contributed by atoms with Crippen LogP contribution in [0.5, 0.6) is 0 Å². The van der Waals surface area contributed by atoms with Gasteiger partial charge in [0.1, 0.15) is 11.6 Å². The number of anilines is 1. The lowest BCUT2D eigenvalue weighted by Gasteiger charge is -2.22. The fraction of sp³-hybridized carbons (Fsp3) is 0.273. The fourth-order valence-corrected chi connectivity index (χ4v) is 3.57. The van der Waals surface area contributed by atoms with Gasteiger partial charge in [-0.3, -0.25) is 4.79 Å². The predicted molar refractivity (Wildman–Crippen MR) is 102 cm³/mol. The molecule has 2 heterocycles. The van der Waals surface area contributed by atoms with Gasteiger partial charge in [-0.15, -0.1) is 0 Å². The van der Waals surface area contributed by atoms with Gasteiger partial charge in [0.2, 0.25) is 5.91 Å². The Morgan fingerprint density at radius 1 is 1.07 bits per heavy atom. The summed E-state index contributed by atoms with van der Waals surface area (Å²) in [7, 11) is 0. The van der Waals surface area contributed by atoms with Gasteiger partial charge < -0.3 is 9.32 Å². The zero-order valence-electron chi connectivity index (χ0n) is 15.3. The summed E-state index contributed by atoms with van der Waals surface area (Å²) >= 11 is 0. The van der Waals surface area contributed by atoms with Crippen LogP contribution in [0, 0.1) is 11.6 Å². The molecular formula is C22H20F2N2O2. The highest BCUT2D eigenvalue weighted by Gasteiger charge is 2.22. The van der Waals surface area contributed by atoms with Gasteiger partial charge in [-0.05, 0) is 43.0 Å². The molecule has 0 N–H and O–H groups in total. The number of rotatable bonds is 4. The number of carbonyl (C=O) groups excluding carboxylic acids is 1. The number of aromatic nitrogens is 1. The lowest BCUT2D eigenvalue weighted by molar-refractivity contribution is -0.118. The average molecular weight is 382 g/mol. The van der Waals surface area contributed by atoms with Crippen molar-refractivity contribution in [3.05, 3.63) is 71.8 Å². The van der Waals surface area contributed by atoms with E-state index < -0.39 is 11.6 Å². The van der Waals surface area contributed by atoms with Crippen LogP contribution in [0.4, 0.5) is 14.5 Å². The first-order valence-electron chi connectivity index (χ1n) is 9.41. The summed E-state index contributed by atoms with van der Waals surface area (Å²) in [5.74, 6) is -1.11. The number of fused-ring (bicyclic) bond motifs is 1. The van der Waals surface area contributed by atoms with Crippen molar-refractivity contribution in [1.82, 2.24) is 4.98 Å².